The Hall–Kier alpha value is -2.70. The molecule has 1 saturated heterocycles. The zero-order valence-electron chi connectivity index (χ0n) is 12.9. The van der Waals surface area contributed by atoms with Gasteiger partial charge in [0.2, 0.25) is 0 Å². The summed E-state index contributed by atoms with van der Waals surface area (Å²) in [4.78, 5) is 12.0. The molecule has 1 N–H and O–H groups in total. The number of non-ortho nitro benzene ring substituents is 1. The van der Waals surface area contributed by atoms with Crippen molar-refractivity contribution in [1.29, 1.82) is 0 Å². The number of nitrogens with zero attached hydrogens (tertiary/aromatic N) is 2. The molecule has 126 valence electrons. The molecule has 0 spiro atoms. The maximum absolute atomic E-state index is 14.1. The van der Waals surface area contributed by atoms with Crippen molar-refractivity contribution in [3.8, 4) is 0 Å². The Morgan fingerprint density at radius 2 is 1.75 bits per heavy atom. The van der Waals surface area contributed by atoms with E-state index in [1.165, 1.54) is 24.3 Å². The van der Waals surface area contributed by atoms with Crippen LogP contribution in [0.4, 0.5) is 25.8 Å². The number of rotatable bonds is 4. The molecule has 0 aromatic heterocycles. The smallest absolute Gasteiger partial charge is 0.272 e. The van der Waals surface area contributed by atoms with E-state index in [4.69, 9.17) is 0 Å². The van der Waals surface area contributed by atoms with Crippen molar-refractivity contribution in [3.63, 3.8) is 0 Å². The predicted octanol–water partition coefficient (Wildman–Crippen LogP) is 3.95. The van der Waals surface area contributed by atoms with Crippen LogP contribution < -0.4 is 10.2 Å². The quantitative estimate of drug-likeness (QED) is 0.680. The third kappa shape index (κ3) is 3.61. The summed E-state index contributed by atoms with van der Waals surface area (Å²) in [5.41, 5.74) is 1.00. The lowest BCUT2D eigenvalue weighted by atomic mass is 10.0. The van der Waals surface area contributed by atoms with Crippen molar-refractivity contribution >= 4 is 17.1 Å². The van der Waals surface area contributed by atoms with Crippen molar-refractivity contribution < 1.29 is 13.7 Å². The minimum atomic E-state index is -0.605. The number of benzene rings is 2. The maximum atomic E-state index is 14.1. The Labute approximate surface area is 138 Å². The first-order valence-electron chi connectivity index (χ1n) is 7.74. The third-order valence-electron chi connectivity index (χ3n) is 4.19. The fourth-order valence-electron chi connectivity index (χ4n) is 2.91. The van der Waals surface area contributed by atoms with Crippen LogP contribution in [0, 0.1) is 21.7 Å². The molecule has 1 aliphatic rings. The summed E-state index contributed by atoms with van der Waals surface area (Å²) in [6.45, 7) is 1.29. The minimum Gasteiger partial charge on any atom is -0.382 e. The van der Waals surface area contributed by atoms with E-state index in [9.17, 15) is 18.9 Å². The van der Waals surface area contributed by atoms with Crippen molar-refractivity contribution in [2.75, 3.05) is 23.3 Å². The van der Waals surface area contributed by atoms with E-state index in [1.54, 1.807) is 12.1 Å². The van der Waals surface area contributed by atoms with Gasteiger partial charge in [-0.3, -0.25) is 10.1 Å². The molecular formula is C17H17F2N3O2. The first-order chi connectivity index (χ1) is 11.5. The second kappa shape index (κ2) is 6.82. The Kier molecular flexibility index (Phi) is 4.59. The molecular weight excluding hydrogens is 316 g/mol. The topological polar surface area (TPSA) is 58.4 Å². The van der Waals surface area contributed by atoms with Gasteiger partial charge in [-0.1, -0.05) is 0 Å². The molecule has 24 heavy (non-hydrogen) atoms. The number of hydrogen-bond donors (Lipinski definition) is 1. The number of nitro groups is 1. The lowest BCUT2D eigenvalue weighted by molar-refractivity contribution is -0.385. The second-order valence-corrected chi connectivity index (χ2v) is 5.81. The van der Waals surface area contributed by atoms with Crippen LogP contribution in [0.1, 0.15) is 12.8 Å². The highest BCUT2D eigenvalue weighted by Gasteiger charge is 2.22. The van der Waals surface area contributed by atoms with Gasteiger partial charge in [0.05, 0.1) is 16.7 Å². The molecule has 1 fully saturated rings. The van der Waals surface area contributed by atoms with E-state index in [0.717, 1.165) is 24.6 Å². The molecule has 1 aliphatic heterocycles. The first-order valence-corrected chi connectivity index (χ1v) is 7.74. The van der Waals surface area contributed by atoms with Gasteiger partial charge in [0.25, 0.3) is 5.69 Å². The molecule has 0 unspecified atom stereocenters. The highest BCUT2D eigenvalue weighted by Crippen LogP contribution is 2.27. The van der Waals surface area contributed by atoms with E-state index < -0.39 is 10.7 Å². The van der Waals surface area contributed by atoms with E-state index in [-0.39, 0.29) is 17.5 Å². The maximum Gasteiger partial charge on any atom is 0.272 e. The fraction of sp³-hybridized carbons (Fsp3) is 0.294. The highest BCUT2D eigenvalue weighted by molar-refractivity contribution is 5.53. The van der Waals surface area contributed by atoms with Crippen LogP contribution in [0.2, 0.25) is 0 Å². The standard InChI is InChI=1S/C17H17F2N3O2/c18-12-1-3-13(4-2-12)20-14-7-9-21(10-8-14)17-6-5-15(22(23)24)11-16(17)19/h1-6,11,14,20H,7-10H2. The van der Waals surface area contributed by atoms with E-state index >= 15 is 0 Å². The SMILES string of the molecule is O=[N+]([O-])c1ccc(N2CCC(Nc3ccc(F)cc3)CC2)c(F)c1. The average molecular weight is 333 g/mol. The summed E-state index contributed by atoms with van der Waals surface area (Å²) >= 11 is 0. The minimum absolute atomic E-state index is 0.229. The zero-order valence-corrected chi connectivity index (χ0v) is 12.9. The van der Waals surface area contributed by atoms with Gasteiger partial charge in [-0.15, -0.1) is 0 Å². The van der Waals surface area contributed by atoms with Gasteiger partial charge in [-0.05, 0) is 43.2 Å². The van der Waals surface area contributed by atoms with Gasteiger partial charge in [0.1, 0.15) is 5.82 Å². The van der Waals surface area contributed by atoms with Crippen LogP contribution in [0.15, 0.2) is 42.5 Å². The monoisotopic (exact) mass is 333 g/mol. The molecule has 2 aromatic rings. The summed E-state index contributed by atoms with van der Waals surface area (Å²) in [5, 5.41) is 14.0. The lowest BCUT2D eigenvalue weighted by Gasteiger charge is -2.34. The first kappa shape index (κ1) is 16.2. The van der Waals surface area contributed by atoms with Crippen molar-refractivity contribution in [2.45, 2.75) is 18.9 Å². The number of nitro benzene ring substituents is 1. The van der Waals surface area contributed by atoms with Crippen LogP contribution in [0.5, 0.6) is 0 Å². The van der Waals surface area contributed by atoms with Crippen molar-refractivity contribution in [2.24, 2.45) is 0 Å². The second-order valence-electron chi connectivity index (χ2n) is 5.81. The summed E-state index contributed by atoms with van der Waals surface area (Å²) in [5.74, 6) is -0.849. The molecule has 0 atom stereocenters. The predicted molar refractivity (Wildman–Crippen MR) is 88.3 cm³/mol. The van der Waals surface area contributed by atoms with Gasteiger partial charge in [0.15, 0.2) is 5.82 Å². The molecule has 7 heteroatoms. The summed E-state index contributed by atoms with van der Waals surface area (Å²) in [6.07, 6.45) is 1.60. The number of halogens is 2. The van der Waals surface area contributed by atoms with Gasteiger partial charge >= 0.3 is 0 Å². The molecule has 1 heterocycles. The largest absolute Gasteiger partial charge is 0.382 e. The number of piperidine rings is 1. The Morgan fingerprint density at radius 1 is 1.08 bits per heavy atom. The zero-order chi connectivity index (χ0) is 17.1. The van der Waals surface area contributed by atoms with Crippen molar-refractivity contribution in [1.82, 2.24) is 0 Å². The van der Waals surface area contributed by atoms with Gasteiger partial charge < -0.3 is 10.2 Å². The third-order valence-corrected chi connectivity index (χ3v) is 4.19. The number of nitrogens with one attached hydrogen (secondary N) is 1. The Balaban J connectivity index is 1.60. The summed E-state index contributed by atoms with van der Waals surface area (Å²) in [6, 6.07) is 10.2. The lowest BCUT2D eigenvalue weighted by Crippen LogP contribution is -2.39. The van der Waals surface area contributed by atoms with Crippen molar-refractivity contribution in [3.05, 3.63) is 64.2 Å². The van der Waals surface area contributed by atoms with Crippen LogP contribution in [0.25, 0.3) is 0 Å². The molecule has 0 bridgehead atoms. The molecule has 5 nitrogen and oxygen atoms in total. The van der Waals surface area contributed by atoms with Crippen LogP contribution >= 0.6 is 0 Å². The Bertz CT molecular complexity index is 729. The fourth-order valence-corrected chi connectivity index (χ4v) is 2.91. The van der Waals surface area contributed by atoms with Gasteiger partial charge in [-0.2, -0.15) is 0 Å². The van der Waals surface area contributed by atoms with Crippen LogP contribution in [-0.2, 0) is 0 Å². The molecule has 3 rings (SSSR count). The molecule has 2 aromatic carbocycles. The average Bonchev–Trinajstić information content (AvgIpc) is 2.58. The summed E-state index contributed by atoms with van der Waals surface area (Å²) < 4.78 is 27.0. The van der Waals surface area contributed by atoms with E-state index in [0.29, 0.717) is 18.8 Å². The highest BCUT2D eigenvalue weighted by atomic mass is 19.1. The van der Waals surface area contributed by atoms with E-state index in [1.807, 2.05) is 4.90 Å². The van der Waals surface area contributed by atoms with Crippen LogP contribution in [0.3, 0.4) is 0 Å². The van der Waals surface area contributed by atoms with E-state index in [2.05, 4.69) is 5.32 Å². The van der Waals surface area contributed by atoms with Gasteiger partial charge in [-0.25, -0.2) is 8.78 Å². The Morgan fingerprint density at radius 3 is 2.33 bits per heavy atom. The van der Waals surface area contributed by atoms with Crippen LogP contribution in [-0.4, -0.2) is 24.1 Å². The number of hydrogen-bond acceptors (Lipinski definition) is 4. The molecule has 0 saturated carbocycles. The molecule has 0 radical (unpaired) electrons. The molecule has 0 amide bonds. The van der Waals surface area contributed by atoms with Gasteiger partial charge in [0, 0.05) is 30.9 Å². The number of anilines is 2. The molecule has 0 aliphatic carbocycles. The summed E-state index contributed by atoms with van der Waals surface area (Å²) in [7, 11) is 0. The normalized spacial score (nSPS) is 15.3.